The van der Waals surface area contributed by atoms with E-state index in [4.69, 9.17) is 16.3 Å². The number of carbonyl (C=O) groups excluding carboxylic acids is 1. The van der Waals surface area contributed by atoms with Crippen molar-refractivity contribution in [3.63, 3.8) is 0 Å². The number of morpholine rings is 1. The average Bonchev–Trinajstić information content (AvgIpc) is 2.83. The van der Waals surface area contributed by atoms with E-state index in [2.05, 4.69) is 15.9 Å². The van der Waals surface area contributed by atoms with Crippen LogP contribution in [-0.4, -0.2) is 63.3 Å². The monoisotopic (exact) mass is 440 g/mol. The number of nitrogens with zero attached hydrogens (tertiary/aromatic N) is 4. The van der Waals surface area contributed by atoms with Gasteiger partial charge in [0.05, 0.1) is 35.7 Å². The number of halogens is 1. The first-order valence-electron chi connectivity index (χ1n) is 10.2. The Labute approximate surface area is 185 Å². The number of carbonyl (C=O) groups is 1. The lowest BCUT2D eigenvalue weighted by Crippen LogP contribution is -2.56. The van der Waals surface area contributed by atoms with Crippen LogP contribution in [0.15, 0.2) is 36.4 Å². The number of rotatable bonds is 4. The van der Waals surface area contributed by atoms with Gasteiger partial charge in [-0.1, -0.05) is 11.6 Å². The number of ether oxygens (including phenoxy) is 1. The Bertz CT molecular complexity index is 1020. The molecule has 31 heavy (non-hydrogen) atoms. The van der Waals surface area contributed by atoms with Crippen LogP contribution >= 0.6 is 11.6 Å². The summed E-state index contributed by atoms with van der Waals surface area (Å²) >= 11 is 6.01. The summed E-state index contributed by atoms with van der Waals surface area (Å²) in [4.78, 5) is 30.6. The van der Waals surface area contributed by atoms with E-state index >= 15 is 0 Å². The molecular weight excluding hydrogens is 418 g/mol. The second-order valence-electron chi connectivity index (χ2n) is 7.49. The second-order valence-corrected chi connectivity index (χ2v) is 7.92. The Morgan fingerprint density at radius 2 is 1.65 bits per heavy atom. The molecule has 4 rings (SSSR count). The largest absolute Gasteiger partial charge is 0.378 e. The van der Waals surface area contributed by atoms with Gasteiger partial charge in [-0.25, -0.2) is 0 Å². The highest BCUT2D eigenvalue weighted by Gasteiger charge is 2.28. The molecule has 2 fully saturated rings. The van der Waals surface area contributed by atoms with Crippen LogP contribution in [0.3, 0.4) is 0 Å². The molecule has 0 saturated carbocycles. The van der Waals surface area contributed by atoms with Crippen molar-refractivity contribution >= 4 is 34.6 Å². The maximum Gasteiger partial charge on any atom is 0.256 e. The highest BCUT2D eigenvalue weighted by molar-refractivity contribution is 6.30. The van der Waals surface area contributed by atoms with E-state index in [1.807, 2.05) is 17.3 Å². The first-order chi connectivity index (χ1) is 15.1. The van der Waals surface area contributed by atoms with Crippen molar-refractivity contribution in [2.45, 2.75) is 0 Å². The minimum Gasteiger partial charge on any atom is -0.378 e. The van der Waals surface area contributed by atoms with Crippen molar-refractivity contribution < 1.29 is 14.7 Å². The lowest BCUT2D eigenvalue weighted by molar-refractivity contribution is -0.379. The van der Waals surface area contributed by atoms with Gasteiger partial charge < -0.3 is 19.4 Å². The summed E-state index contributed by atoms with van der Waals surface area (Å²) in [7, 11) is 0. The lowest BCUT2D eigenvalue weighted by Gasteiger charge is -2.37. The molecule has 0 atom stereocenters. The molecule has 1 N–H and O–H groups in total. The van der Waals surface area contributed by atoms with Crippen molar-refractivity contribution in [1.82, 2.24) is 4.90 Å². The number of piperazine rings is 1. The first kappa shape index (κ1) is 21.1. The molecule has 1 amide bonds. The molecule has 0 aromatic heterocycles. The molecule has 2 saturated heterocycles. The van der Waals surface area contributed by atoms with Gasteiger partial charge >= 0.3 is 0 Å². The van der Waals surface area contributed by atoms with Gasteiger partial charge in [-0.15, -0.1) is 0 Å². The van der Waals surface area contributed by atoms with E-state index in [1.54, 1.807) is 29.2 Å². The van der Waals surface area contributed by atoms with E-state index in [1.165, 1.54) is 0 Å². The number of hydrogen-bond donors (Lipinski definition) is 1. The number of nitrogens with one attached hydrogen (secondary N) is 1. The molecule has 0 spiro atoms. The van der Waals surface area contributed by atoms with Gasteiger partial charge in [-0.05, 0) is 24.3 Å². The topological polar surface area (TPSA) is 90.8 Å². The van der Waals surface area contributed by atoms with Crippen LogP contribution in [0.2, 0.25) is 5.02 Å². The van der Waals surface area contributed by atoms with E-state index in [9.17, 15) is 15.0 Å². The molecule has 9 heteroatoms. The Kier molecular flexibility index (Phi) is 6.35. The van der Waals surface area contributed by atoms with Crippen LogP contribution in [0.1, 0.15) is 15.9 Å². The van der Waals surface area contributed by atoms with Gasteiger partial charge in [0.1, 0.15) is 6.07 Å². The Hall–Kier alpha value is -3.15. The summed E-state index contributed by atoms with van der Waals surface area (Å²) in [6, 6.07) is 12.6. The Morgan fingerprint density at radius 3 is 2.32 bits per heavy atom. The van der Waals surface area contributed by atoms with Crippen molar-refractivity contribution in [3.05, 3.63) is 57.5 Å². The molecule has 0 bridgehead atoms. The molecule has 0 unspecified atom stereocenters. The maximum atomic E-state index is 13.4. The molecule has 0 aliphatic carbocycles. The molecule has 2 aliphatic heterocycles. The van der Waals surface area contributed by atoms with Crippen molar-refractivity contribution in [2.75, 3.05) is 62.3 Å². The molecule has 2 heterocycles. The highest BCUT2D eigenvalue weighted by Crippen LogP contribution is 2.28. The third-order valence-corrected chi connectivity index (χ3v) is 5.92. The number of hydrogen-bond acceptors (Lipinski definition) is 6. The number of anilines is 2. The predicted molar refractivity (Wildman–Crippen MR) is 118 cm³/mol. The van der Waals surface area contributed by atoms with Gasteiger partial charge in [0, 0.05) is 66.5 Å². The summed E-state index contributed by atoms with van der Waals surface area (Å²) in [6.45, 7) is 4.86. The normalized spacial score (nSPS) is 16.7. The first-order valence-corrected chi connectivity index (χ1v) is 10.6. The fourth-order valence-electron chi connectivity index (χ4n) is 4.05. The van der Waals surface area contributed by atoms with Crippen LogP contribution in [0.4, 0.5) is 17.1 Å². The highest BCUT2D eigenvalue weighted by atomic mass is 35.5. The molecule has 2 aliphatic rings. The number of benzene rings is 2. The number of nitroso groups, excluding NO2 is 1. The van der Waals surface area contributed by atoms with Gasteiger partial charge in [-0.2, -0.15) is 5.26 Å². The van der Waals surface area contributed by atoms with Crippen molar-refractivity contribution in [3.8, 4) is 6.07 Å². The summed E-state index contributed by atoms with van der Waals surface area (Å²) in [5, 5.41) is 11.8. The van der Waals surface area contributed by atoms with Gasteiger partial charge in [-0.3, -0.25) is 4.79 Å². The van der Waals surface area contributed by atoms with Gasteiger partial charge in [0.2, 0.25) is 0 Å². The minimum atomic E-state index is -0.102. The third kappa shape index (κ3) is 4.48. The minimum absolute atomic E-state index is 0.102. The number of amides is 1. The zero-order chi connectivity index (χ0) is 21.8. The van der Waals surface area contributed by atoms with Crippen LogP contribution in [0, 0.1) is 16.2 Å². The average molecular weight is 441 g/mol. The molecule has 160 valence electrons. The summed E-state index contributed by atoms with van der Waals surface area (Å²) in [5.41, 5.74) is 3.04. The Morgan fingerprint density at radius 1 is 0.968 bits per heavy atom. The molecule has 0 radical (unpaired) electrons. The van der Waals surface area contributed by atoms with E-state index < -0.39 is 0 Å². The molecule has 2 aromatic carbocycles. The van der Waals surface area contributed by atoms with Crippen LogP contribution in [0.5, 0.6) is 0 Å². The fourth-order valence-corrected chi connectivity index (χ4v) is 4.22. The SMILES string of the molecule is N#Cc1cc(Cl)ccc1N1CCN(C(=O)c2cc([NH+]=O)ccc2N2CCOCC2)CC1. The number of nitriles is 1. The van der Waals surface area contributed by atoms with Crippen LogP contribution < -0.4 is 15.0 Å². The molecular formula is C22H23ClN5O3+. The second kappa shape index (κ2) is 9.33. The van der Waals surface area contributed by atoms with Crippen molar-refractivity contribution in [1.29, 1.82) is 5.26 Å². The van der Waals surface area contributed by atoms with Crippen molar-refractivity contribution in [2.24, 2.45) is 0 Å². The fraction of sp³-hybridized carbons (Fsp3) is 0.364. The Balaban J connectivity index is 1.52. The van der Waals surface area contributed by atoms with E-state index in [0.29, 0.717) is 74.3 Å². The zero-order valence-corrected chi connectivity index (χ0v) is 17.8. The maximum absolute atomic E-state index is 13.4. The summed E-state index contributed by atoms with van der Waals surface area (Å²) in [5.74, 6) is -0.102. The van der Waals surface area contributed by atoms with Gasteiger partial charge in [0.15, 0.2) is 0 Å². The summed E-state index contributed by atoms with van der Waals surface area (Å²) in [6.07, 6.45) is 0. The molecule has 8 nitrogen and oxygen atoms in total. The predicted octanol–water partition coefficient (Wildman–Crippen LogP) is 1.49. The smallest absolute Gasteiger partial charge is 0.256 e. The van der Waals surface area contributed by atoms with Crippen LogP contribution in [0.25, 0.3) is 0 Å². The van der Waals surface area contributed by atoms with E-state index in [-0.39, 0.29) is 5.91 Å². The standard InChI is InChI=1S/C22H22ClN5O3/c23-17-1-3-20(16(13-17)15-24)26-5-7-28(8-6-26)22(29)19-14-18(25-30)2-4-21(19)27-9-11-31-12-10-27/h1-4,13-14H,5-12H2/p+1. The van der Waals surface area contributed by atoms with Crippen LogP contribution in [-0.2, 0) is 4.74 Å². The molecule has 2 aromatic rings. The zero-order valence-electron chi connectivity index (χ0n) is 17.0. The van der Waals surface area contributed by atoms with E-state index in [0.717, 1.165) is 11.4 Å². The quantitative estimate of drug-likeness (QED) is 0.774. The lowest BCUT2D eigenvalue weighted by atomic mass is 10.1. The third-order valence-electron chi connectivity index (χ3n) is 5.68. The summed E-state index contributed by atoms with van der Waals surface area (Å²) < 4.78 is 5.43. The van der Waals surface area contributed by atoms with Gasteiger partial charge in [0.25, 0.3) is 11.6 Å².